The minimum atomic E-state index is -0.316. The Kier molecular flexibility index (Phi) is 5.09. The van der Waals surface area contributed by atoms with E-state index in [0.29, 0.717) is 12.0 Å². The normalized spacial score (nSPS) is 11.8. The highest BCUT2D eigenvalue weighted by atomic mass is 16.5. The lowest BCUT2D eigenvalue weighted by molar-refractivity contribution is -0.144. The van der Waals surface area contributed by atoms with Crippen LogP contribution in [0.5, 0.6) is 0 Å². The van der Waals surface area contributed by atoms with Crippen molar-refractivity contribution >= 4 is 5.97 Å². The first-order chi connectivity index (χ1) is 5.61. The van der Waals surface area contributed by atoms with Crippen LogP contribution in [0, 0.1) is 0 Å². The zero-order chi connectivity index (χ0) is 9.56. The molecule has 0 spiro atoms. The van der Waals surface area contributed by atoms with Gasteiger partial charge in [-0.15, -0.1) is 6.58 Å². The SMILES string of the molecule is C=CCC(CC)OC(=O)C(=C)C. The van der Waals surface area contributed by atoms with Crippen molar-refractivity contribution in [3.63, 3.8) is 0 Å². The molecule has 2 heteroatoms. The maximum Gasteiger partial charge on any atom is 0.333 e. The average Bonchev–Trinajstić information content (AvgIpc) is 2.03. The Bertz CT molecular complexity index is 182. The van der Waals surface area contributed by atoms with E-state index in [9.17, 15) is 4.79 Å². The number of hydrogen-bond acceptors (Lipinski definition) is 2. The molecule has 0 saturated heterocycles. The molecule has 0 fully saturated rings. The summed E-state index contributed by atoms with van der Waals surface area (Å²) in [5.41, 5.74) is 0.442. The molecule has 0 amide bonds. The molecule has 1 unspecified atom stereocenters. The smallest absolute Gasteiger partial charge is 0.333 e. The zero-order valence-electron chi connectivity index (χ0n) is 7.80. The van der Waals surface area contributed by atoms with Crippen LogP contribution in [0.4, 0.5) is 0 Å². The van der Waals surface area contributed by atoms with E-state index in [1.54, 1.807) is 13.0 Å². The van der Waals surface area contributed by atoms with Gasteiger partial charge in [-0.1, -0.05) is 19.6 Å². The first kappa shape index (κ1) is 11.0. The van der Waals surface area contributed by atoms with E-state index in [1.165, 1.54) is 0 Å². The van der Waals surface area contributed by atoms with Crippen molar-refractivity contribution < 1.29 is 9.53 Å². The molecule has 2 nitrogen and oxygen atoms in total. The Morgan fingerprint density at radius 3 is 2.58 bits per heavy atom. The molecule has 68 valence electrons. The maximum absolute atomic E-state index is 11.0. The van der Waals surface area contributed by atoms with Crippen molar-refractivity contribution in [3.05, 3.63) is 24.8 Å². The Morgan fingerprint density at radius 2 is 2.25 bits per heavy atom. The van der Waals surface area contributed by atoms with Gasteiger partial charge in [-0.05, 0) is 13.3 Å². The van der Waals surface area contributed by atoms with E-state index in [2.05, 4.69) is 13.2 Å². The second kappa shape index (κ2) is 5.58. The number of carbonyl (C=O) groups is 1. The summed E-state index contributed by atoms with van der Waals surface area (Å²) in [6, 6.07) is 0. The molecule has 0 saturated carbocycles. The highest BCUT2D eigenvalue weighted by Crippen LogP contribution is 2.06. The molecular formula is C10H16O2. The van der Waals surface area contributed by atoms with E-state index in [1.807, 2.05) is 6.92 Å². The molecule has 0 aromatic rings. The van der Waals surface area contributed by atoms with E-state index >= 15 is 0 Å². The minimum Gasteiger partial charge on any atom is -0.459 e. The van der Waals surface area contributed by atoms with Crippen LogP contribution in [-0.2, 0) is 9.53 Å². The molecule has 0 N–H and O–H groups in total. The number of esters is 1. The van der Waals surface area contributed by atoms with Crippen LogP contribution in [0.15, 0.2) is 24.8 Å². The van der Waals surface area contributed by atoms with Crippen LogP contribution in [0.3, 0.4) is 0 Å². The average molecular weight is 168 g/mol. The van der Waals surface area contributed by atoms with Gasteiger partial charge in [-0.25, -0.2) is 4.79 Å². The summed E-state index contributed by atoms with van der Waals surface area (Å²) < 4.78 is 5.09. The molecule has 0 aliphatic carbocycles. The van der Waals surface area contributed by atoms with Gasteiger partial charge < -0.3 is 4.74 Å². The summed E-state index contributed by atoms with van der Waals surface area (Å²) in [7, 11) is 0. The molecule has 0 heterocycles. The predicted molar refractivity (Wildman–Crippen MR) is 49.8 cm³/mol. The fourth-order valence-corrected chi connectivity index (χ4v) is 0.736. The van der Waals surface area contributed by atoms with Crippen molar-refractivity contribution in [2.24, 2.45) is 0 Å². The Balaban J connectivity index is 3.93. The van der Waals surface area contributed by atoms with Crippen LogP contribution in [-0.4, -0.2) is 12.1 Å². The molecule has 0 aliphatic heterocycles. The van der Waals surface area contributed by atoms with Crippen molar-refractivity contribution in [3.8, 4) is 0 Å². The third-order valence-corrected chi connectivity index (χ3v) is 1.51. The standard InChI is InChI=1S/C10H16O2/c1-5-7-9(6-2)12-10(11)8(3)4/h5,9H,1,3,6-7H2,2,4H3. The summed E-state index contributed by atoms with van der Waals surface area (Å²) in [6.45, 7) is 10.7. The topological polar surface area (TPSA) is 26.3 Å². The summed E-state index contributed by atoms with van der Waals surface area (Å²) in [5, 5.41) is 0. The van der Waals surface area contributed by atoms with Crippen LogP contribution >= 0.6 is 0 Å². The van der Waals surface area contributed by atoms with Crippen LogP contribution in [0.25, 0.3) is 0 Å². The summed E-state index contributed by atoms with van der Waals surface area (Å²) in [4.78, 5) is 11.0. The fraction of sp³-hybridized carbons (Fsp3) is 0.500. The molecule has 0 radical (unpaired) electrons. The van der Waals surface area contributed by atoms with Crippen LogP contribution in [0.2, 0.25) is 0 Å². The summed E-state index contributed by atoms with van der Waals surface area (Å²) >= 11 is 0. The van der Waals surface area contributed by atoms with E-state index in [0.717, 1.165) is 6.42 Å². The minimum absolute atomic E-state index is 0.0494. The van der Waals surface area contributed by atoms with Gasteiger partial charge in [0, 0.05) is 12.0 Å². The molecule has 12 heavy (non-hydrogen) atoms. The van der Waals surface area contributed by atoms with Crippen LogP contribution < -0.4 is 0 Å². The van der Waals surface area contributed by atoms with Gasteiger partial charge in [0.1, 0.15) is 6.10 Å². The van der Waals surface area contributed by atoms with Gasteiger partial charge in [0.25, 0.3) is 0 Å². The van der Waals surface area contributed by atoms with Crippen molar-refractivity contribution in [2.45, 2.75) is 32.8 Å². The quantitative estimate of drug-likeness (QED) is 0.358. The van der Waals surface area contributed by atoms with Crippen molar-refractivity contribution in [1.82, 2.24) is 0 Å². The van der Waals surface area contributed by atoms with E-state index in [4.69, 9.17) is 4.74 Å². The monoisotopic (exact) mass is 168 g/mol. The predicted octanol–water partition coefficient (Wildman–Crippen LogP) is 2.46. The first-order valence-corrected chi connectivity index (χ1v) is 4.09. The van der Waals surface area contributed by atoms with Gasteiger partial charge in [0.05, 0.1) is 0 Å². The lowest BCUT2D eigenvalue weighted by Crippen LogP contribution is -2.16. The Labute approximate surface area is 73.9 Å². The highest BCUT2D eigenvalue weighted by molar-refractivity contribution is 5.87. The molecule has 0 aromatic heterocycles. The number of carbonyl (C=O) groups excluding carboxylic acids is 1. The van der Waals surface area contributed by atoms with Gasteiger partial charge in [0.2, 0.25) is 0 Å². The molecule has 0 aromatic carbocycles. The van der Waals surface area contributed by atoms with Crippen molar-refractivity contribution in [2.75, 3.05) is 0 Å². The van der Waals surface area contributed by atoms with E-state index < -0.39 is 0 Å². The Morgan fingerprint density at radius 1 is 1.67 bits per heavy atom. The largest absolute Gasteiger partial charge is 0.459 e. The van der Waals surface area contributed by atoms with E-state index in [-0.39, 0.29) is 12.1 Å². The third-order valence-electron chi connectivity index (χ3n) is 1.51. The fourth-order valence-electron chi connectivity index (χ4n) is 0.736. The molecule has 1 atom stereocenters. The maximum atomic E-state index is 11.0. The van der Waals surface area contributed by atoms with Crippen molar-refractivity contribution in [1.29, 1.82) is 0 Å². The first-order valence-electron chi connectivity index (χ1n) is 4.09. The second-order valence-corrected chi connectivity index (χ2v) is 2.74. The number of hydrogen-bond donors (Lipinski definition) is 0. The summed E-state index contributed by atoms with van der Waals surface area (Å²) in [6.07, 6.45) is 3.21. The number of rotatable bonds is 5. The molecule has 0 aliphatic rings. The molecule has 0 bridgehead atoms. The Hall–Kier alpha value is -1.05. The van der Waals surface area contributed by atoms with Gasteiger partial charge >= 0.3 is 5.97 Å². The lowest BCUT2D eigenvalue weighted by Gasteiger charge is -2.13. The summed E-state index contributed by atoms with van der Waals surface area (Å²) in [5.74, 6) is -0.316. The molecule has 0 rings (SSSR count). The lowest BCUT2D eigenvalue weighted by atomic mass is 10.2. The van der Waals surface area contributed by atoms with Gasteiger partial charge in [0.15, 0.2) is 0 Å². The second-order valence-electron chi connectivity index (χ2n) is 2.74. The van der Waals surface area contributed by atoms with Gasteiger partial charge in [-0.3, -0.25) is 0 Å². The molecular weight excluding hydrogens is 152 g/mol. The number of ether oxygens (including phenoxy) is 1. The highest BCUT2D eigenvalue weighted by Gasteiger charge is 2.10. The zero-order valence-corrected chi connectivity index (χ0v) is 7.80. The third kappa shape index (κ3) is 3.96. The van der Waals surface area contributed by atoms with Gasteiger partial charge in [-0.2, -0.15) is 0 Å². The van der Waals surface area contributed by atoms with Crippen LogP contribution in [0.1, 0.15) is 26.7 Å².